The van der Waals surface area contributed by atoms with E-state index in [9.17, 15) is 9.59 Å². The van der Waals surface area contributed by atoms with E-state index in [1.165, 1.54) is 17.2 Å². The van der Waals surface area contributed by atoms with Crippen molar-refractivity contribution in [3.8, 4) is 6.07 Å². The molecule has 2 heterocycles. The fraction of sp³-hybridized carbons (Fsp3) is 0.643. The first-order valence-electron chi connectivity index (χ1n) is 6.95. The van der Waals surface area contributed by atoms with Gasteiger partial charge >= 0.3 is 5.69 Å². The summed E-state index contributed by atoms with van der Waals surface area (Å²) in [6.45, 7) is 7.79. The number of hydrogen-bond donors (Lipinski definition) is 1. The minimum Gasteiger partial charge on any atom is -0.301 e. The summed E-state index contributed by atoms with van der Waals surface area (Å²) in [6.07, 6.45) is 2.59. The molecule has 6 nitrogen and oxygen atoms in total. The average molecular weight is 276 g/mol. The van der Waals surface area contributed by atoms with Crippen LogP contribution in [0.25, 0.3) is 0 Å². The van der Waals surface area contributed by atoms with Gasteiger partial charge in [0.25, 0.3) is 5.56 Å². The molecule has 1 aromatic rings. The highest BCUT2D eigenvalue weighted by molar-refractivity contribution is 5.21. The number of nitrogens with one attached hydrogen (secondary N) is 1. The van der Waals surface area contributed by atoms with Crippen LogP contribution in [0.1, 0.15) is 25.8 Å². The van der Waals surface area contributed by atoms with Crippen molar-refractivity contribution < 1.29 is 0 Å². The molecule has 0 amide bonds. The highest BCUT2D eigenvalue weighted by Crippen LogP contribution is 2.20. The molecule has 2 rings (SSSR count). The van der Waals surface area contributed by atoms with Crippen molar-refractivity contribution in [1.29, 1.82) is 5.26 Å². The zero-order valence-corrected chi connectivity index (χ0v) is 11.9. The smallest absolute Gasteiger partial charge is 0.301 e. The number of nitriles is 1. The molecule has 2 unspecified atom stereocenters. The second kappa shape index (κ2) is 6.06. The molecule has 6 heteroatoms. The number of likely N-dealkylation sites (tertiary alicyclic amines) is 1. The van der Waals surface area contributed by atoms with Crippen LogP contribution in [0.2, 0.25) is 0 Å². The molecule has 1 saturated heterocycles. The van der Waals surface area contributed by atoms with E-state index in [0.717, 1.165) is 19.6 Å². The number of H-pyrrole nitrogens is 1. The summed E-state index contributed by atoms with van der Waals surface area (Å²) in [6, 6.07) is 1.80. The number of rotatable bonds is 3. The molecular weight excluding hydrogens is 256 g/mol. The maximum Gasteiger partial charge on any atom is 0.328 e. The average Bonchev–Trinajstić information content (AvgIpc) is 2.36. The summed E-state index contributed by atoms with van der Waals surface area (Å²) < 4.78 is 1.41. The van der Waals surface area contributed by atoms with Crippen molar-refractivity contribution in [2.45, 2.75) is 26.8 Å². The molecule has 0 radical (unpaired) electrons. The van der Waals surface area contributed by atoms with Crippen molar-refractivity contribution in [3.05, 3.63) is 32.6 Å². The predicted molar refractivity (Wildman–Crippen MR) is 75.4 cm³/mol. The van der Waals surface area contributed by atoms with Gasteiger partial charge in [-0.25, -0.2) is 4.79 Å². The van der Waals surface area contributed by atoms with E-state index in [1.807, 2.05) is 0 Å². The van der Waals surface area contributed by atoms with Gasteiger partial charge in [-0.05, 0) is 18.3 Å². The molecule has 108 valence electrons. The fourth-order valence-corrected chi connectivity index (χ4v) is 2.98. The molecule has 1 aliphatic heterocycles. The first-order valence-corrected chi connectivity index (χ1v) is 6.95. The third-order valence-corrected chi connectivity index (χ3v) is 3.73. The monoisotopic (exact) mass is 276 g/mol. The maximum absolute atomic E-state index is 11.7. The summed E-state index contributed by atoms with van der Waals surface area (Å²) in [4.78, 5) is 27.5. The van der Waals surface area contributed by atoms with Gasteiger partial charge < -0.3 is 4.90 Å². The Morgan fingerprint density at radius 1 is 1.30 bits per heavy atom. The van der Waals surface area contributed by atoms with Crippen LogP contribution in [0.4, 0.5) is 0 Å². The zero-order chi connectivity index (χ0) is 14.7. The lowest BCUT2D eigenvalue weighted by Crippen LogP contribution is -2.42. The molecule has 1 N–H and O–H groups in total. The number of hydrogen-bond acceptors (Lipinski definition) is 4. The molecule has 0 aromatic carbocycles. The van der Waals surface area contributed by atoms with Crippen molar-refractivity contribution in [1.82, 2.24) is 14.5 Å². The third-order valence-electron chi connectivity index (χ3n) is 3.73. The Balaban J connectivity index is 2.06. The number of nitrogens with zero attached hydrogens (tertiary/aromatic N) is 3. The predicted octanol–water partition coefficient (Wildman–Crippen LogP) is 0.386. The van der Waals surface area contributed by atoms with Gasteiger partial charge in [-0.2, -0.15) is 5.26 Å². The summed E-state index contributed by atoms with van der Waals surface area (Å²) in [7, 11) is 0. The van der Waals surface area contributed by atoms with Crippen molar-refractivity contribution in [3.63, 3.8) is 0 Å². The van der Waals surface area contributed by atoms with E-state index in [1.54, 1.807) is 6.07 Å². The van der Waals surface area contributed by atoms with Gasteiger partial charge in [0.2, 0.25) is 0 Å². The molecule has 0 aliphatic carbocycles. The topological polar surface area (TPSA) is 81.9 Å². The lowest BCUT2D eigenvalue weighted by molar-refractivity contribution is 0.136. The van der Waals surface area contributed by atoms with Gasteiger partial charge in [0.1, 0.15) is 11.6 Å². The van der Waals surface area contributed by atoms with Crippen LogP contribution in [0.15, 0.2) is 15.8 Å². The Morgan fingerprint density at radius 2 is 1.95 bits per heavy atom. The van der Waals surface area contributed by atoms with E-state index < -0.39 is 11.2 Å². The third kappa shape index (κ3) is 3.36. The van der Waals surface area contributed by atoms with Gasteiger partial charge in [-0.1, -0.05) is 13.8 Å². The van der Waals surface area contributed by atoms with E-state index in [4.69, 9.17) is 5.26 Å². The molecule has 1 aliphatic rings. The zero-order valence-electron chi connectivity index (χ0n) is 11.9. The van der Waals surface area contributed by atoms with Crippen LogP contribution in [-0.2, 0) is 6.54 Å². The molecule has 2 atom stereocenters. The van der Waals surface area contributed by atoms with E-state index in [-0.39, 0.29) is 5.56 Å². The standard InChI is InChI=1S/C14H20N4O2/c1-10-5-11(2)8-17(7-10)3-4-18-9-12(6-15)13(19)16-14(18)20/h9-11H,3-5,7-8H2,1-2H3,(H,16,19,20). The Hall–Kier alpha value is -1.87. The van der Waals surface area contributed by atoms with Crippen LogP contribution in [0, 0.1) is 23.2 Å². The highest BCUT2D eigenvalue weighted by atomic mass is 16.2. The normalized spacial score (nSPS) is 23.4. The number of aromatic nitrogens is 2. The van der Waals surface area contributed by atoms with Crippen LogP contribution < -0.4 is 11.2 Å². The summed E-state index contributed by atoms with van der Waals surface area (Å²) in [5.41, 5.74) is -1.09. The summed E-state index contributed by atoms with van der Waals surface area (Å²) >= 11 is 0. The Kier molecular flexibility index (Phi) is 4.40. The summed E-state index contributed by atoms with van der Waals surface area (Å²) in [5.74, 6) is 1.33. The SMILES string of the molecule is CC1CC(C)CN(CCn2cc(C#N)c(=O)[nH]c2=O)C1. The molecule has 20 heavy (non-hydrogen) atoms. The van der Waals surface area contributed by atoms with Gasteiger partial charge in [0.05, 0.1) is 0 Å². The van der Waals surface area contributed by atoms with E-state index in [0.29, 0.717) is 18.4 Å². The van der Waals surface area contributed by atoms with Gasteiger partial charge in [-0.3, -0.25) is 14.3 Å². The second-order valence-corrected chi connectivity index (χ2v) is 5.81. The molecular formula is C14H20N4O2. The molecule has 0 bridgehead atoms. The number of aromatic amines is 1. The Labute approximate surface area is 117 Å². The second-order valence-electron chi connectivity index (χ2n) is 5.81. The first-order chi connectivity index (χ1) is 9.49. The van der Waals surface area contributed by atoms with Gasteiger partial charge in [0, 0.05) is 32.4 Å². The van der Waals surface area contributed by atoms with Crippen LogP contribution in [-0.4, -0.2) is 34.1 Å². The minimum absolute atomic E-state index is 0.0232. The number of piperidine rings is 1. The van der Waals surface area contributed by atoms with Crippen LogP contribution in [0.5, 0.6) is 0 Å². The highest BCUT2D eigenvalue weighted by Gasteiger charge is 2.21. The lowest BCUT2D eigenvalue weighted by atomic mass is 9.92. The Bertz CT molecular complexity index is 615. The molecule has 1 aromatic heterocycles. The van der Waals surface area contributed by atoms with Gasteiger partial charge in [0.15, 0.2) is 0 Å². The molecule has 1 fully saturated rings. The Morgan fingerprint density at radius 3 is 2.55 bits per heavy atom. The van der Waals surface area contributed by atoms with Crippen molar-refractivity contribution in [2.75, 3.05) is 19.6 Å². The van der Waals surface area contributed by atoms with Crippen molar-refractivity contribution >= 4 is 0 Å². The van der Waals surface area contributed by atoms with E-state index >= 15 is 0 Å². The largest absolute Gasteiger partial charge is 0.328 e. The quantitative estimate of drug-likeness (QED) is 0.865. The van der Waals surface area contributed by atoms with Crippen LogP contribution in [0.3, 0.4) is 0 Å². The molecule has 0 spiro atoms. The van der Waals surface area contributed by atoms with E-state index in [2.05, 4.69) is 23.7 Å². The minimum atomic E-state index is -0.617. The lowest BCUT2D eigenvalue weighted by Gasteiger charge is -2.34. The maximum atomic E-state index is 11.7. The first kappa shape index (κ1) is 14.5. The van der Waals surface area contributed by atoms with Crippen LogP contribution >= 0.6 is 0 Å². The van der Waals surface area contributed by atoms with Gasteiger partial charge in [-0.15, -0.1) is 0 Å². The molecule has 0 saturated carbocycles. The summed E-state index contributed by atoms with van der Waals surface area (Å²) in [5, 5.41) is 8.82. The fourth-order valence-electron chi connectivity index (χ4n) is 2.98. The van der Waals surface area contributed by atoms with Crippen molar-refractivity contribution in [2.24, 2.45) is 11.8 Å².